The first-order valence-corrected chi connectivity index (χ1v) is 9.00. The van der Waals surface area contributed by atoms with Gasteiger partial charge in [0, 0.05) is 5.41 Å². The van der Waals surface area contributed by atoms with Gasteiger partial charge in [0.05, 0.1) is 12.5 Å². The van der Waals surface area contributed by atoms with E-state index in [1.54, 1.807) is 11.1 Å². The van der Waals surface area contributed by atoms with Crippen LogP contribution in [-0.4, -0.2) is 12.6 Å². The minimum absolute atomic E-state index is 0.0447. The summed E-state index contributed by atoms with van der Waals surface area (Å²) in [5.74, 6) is 1.88. The molecular formula is C20H30O2. The lowest BCUT2D eigenvalue weighted by Crippen LogP contribution is -2.39. The molecule has 0 aromatic rings. The molecule has 4 atom stereocenters. The molecule has 2 nitrogen and oxygen atoms in total. The van der Waals surface area contributed by atoms with Crippen LogP contribution in [0.2, 0.25) is 0 Å². The predicted molar refractivity (Wildman–Crippen MR) is 89.3 cm³/mol. The van der Waals surface area contributed by atoms with E-state index in [4.69, 9.17) is 4.74 Å². The minimum Gasteiger partial charge on any atom is -0.466 e. The average Bonchev–Trinajstić information content (AvgIpc) is 2.93. The third kappa shape index (κ3) is 2.10. The first-order valence-electron chi connectivity index (χ1n) is 9.00. The number of hydrogen-bond donors (Lipinski definition) is 0. The van der Waals surface area contributed by atoms with Crippen LogP contribution >= 0.6 is 0 Å². The Morgan fingerprint density at radius 2 is 2.18 bits per heavy atom. The SMILES string of the molecule is CCOC(=O)[C@@H]1C[C@H]2C[C@]13C(=C2C)C=C(C(C)C)CC[C@H]3C. The highest BCUT2D eigenvalue weighted by Crippen LogP contribution is 2.66. The van der Waals surface area contributed by atoms with Crippen molar-refractivity contribution in [2.24, 2.45) is 29.1 Å². The summed E-state index contributed by atoms with van der Waals surface area (Å²) in [6.45, 7) is 11.7. The van der Waals surface area contributed by atoms with Crippen LogP contribution in [0, 0.1) is 29.1 Å². The zero-order valence-electron chi connectivity index (χ0n) is 14.7. The highest BCUT2D eigenvalue weighted by molar-refractivity contribution is 5.76. The second-order valence-corrected chi connectivity index (χ2v) is 7.89. The number of ether oxygens (including phenoxy) is 1. The van der Waals surface area contributed by atoms with Crippen molar-refractivity contribution in [1.82, 2.24) is 0 Å². The van der Waals surface area contributed by atoms with Crippen LogP contribution in [0.25, 0.3) is 0 Å². The molecule has 0 aromatic heterocycles. The van der Waals surface area contributed by atoms with Crippen molar-refractivity contribution in [3.8, 4) is 0 Å². The number of carbonyl (C=O) groups is 1. The summed E-state index contributed by atoms with van der Waals surface area (Å²) in [5.41, 5.74) is 4.66. The van der Waals surface area contributed by atoms with Crippen LogP contribution in [0.1, 0.15) is 60.3 Å². The first-order chi connectivity index (χ1) is 10.4. The molecule has 122 valence electrons. The van der Waals surface area contributed by atoms with Crippen molar-refractivity contribution in [3.63, 3.8) is 0 Å². The van der Waals surface area contributed by atoms with E-state index in [9.17, 15) is 4.79 Å². The van der Waals surface area contributed by atoms with E-state index in [1.807, 2.05) is 6.92 Å². The Hall–Kier alpha value is -1.05. The Labute approximate surface area is 135 Å². The lowest BCUT2D eigenvalue weighted by atomic mass is 9.63. The topological polar surface area (TPSA) is 26.3 Å². The smallest absolute Gasteiger partial charge is 0.309 e. The largest absolute Gasteiger partial charge is 0.466 e. The maximum absolute atomic E-state index is 12.6. The molecule has 0 saturated heterocycles. The number of allylic oxidation sites excluding steroid dienone is 4. The molecule has 2 heteroatoms. The molecule has 1 fully saturated rings. The fraction of sp³-hybridized carbons (Fsp3) is 0.750. The van der Waals surface area contributed by atoms with Gasteiger partial charge in [-0.25, -0.2) is 0 Å². The van der Waals surface area contributed by atoms with Crippen LogP contribution in [0.5, 0.6) is 0 Å². The predicted octanol–water partition coefficient (Wildman–Crippen LogP) is 4.90. The standard InChI is InChI=1S/C20H30O2/c1-6-22-19(21)18-10-16-11-20(18)13(4)7-8-15(12(2)3)9-17(20)14(16)5/h9,12-13,16,18H,6-8,10-11H2,1-5H3/t13-,16+,18+,20+/m1/s1. The van der Waals surface area contributed by atoms with Gasteiger partial charge in [0.25, 0.3) is 0 Å². The van der Waals surface area contributed by atoms with E-state index in [-0.39, 0.29) is 17.3 Å². The summed E-state index contributed by atoms with van der Waals surface area (Å²) >= 11 is 0. The van der Waals surface area contributed by atoms with Crippen LogP contribution < -0.4 is 0 Å². The van der Waals surface area contributed by atoms with Crippen molar-refractivity contribution < 1.29 is 9.53 Å². The summed E-state index contributed by atoms with van der Waals surface area (Å²) in [6.07, 6.45) is 7.01. The van der Waals surface area contributed by atoms with Gasteiger partial charge < -0.3 is 4.74 Å². The fourth-order valence-electron chi connectivity index (χ4n) is 5.30. The first kappa shape index (κ1) is 15.8. The fourth-order valence-corrected chi connectivity index (χ4v) is 5.30. The molecule has 22 heavy (non-hydrogen) atoms. The maximum Gasteiger partial charge on any atom is 0.309 e. The number of carbonyl (C=O) groups excluding carboxylic acids is 1. The quantitative estimate of drug-likeness (QED) is 0.693. The third-order valence-electron chi connectivity index (χ3n) is 6.65. The molecule has 0 amide bonds. The molecule has 3 aliphatic carbocycles. The van der Waals surface area contributed by atoms with Crippen LogP contribution in [0.3, 0.4) is 0 Å². The van der Waals surface area contributed by atoms with Crippen LogP contribution in [0.4, 0.5) is 0 Å². The Morgan fingerprint density at radius 3 is 2.82 bits per heavy atom. The van der Waals surface area contributed by atoms with Gasteiger partial charge in [0.1, 0.15) is 0 Å². The summed E-state index contributed by atoms with van der Waals surface area (Å²) < 4.78 is 5.44. The van der Waals surface area contributed by atoms with Crippen molar-refractivity contribution in [2.45, 2.75) is 60.3 Å². The molecule has 1 spiro atoms. The number of hydrogen-bond acceptors (Lipinski definition) is 2. The highest BCUT2D eigenvalue weighted by atomic mass is 16.5. The van der Waals surface area contributed by atoms with Crippen LogP contribution in [0.15, 0.2) is 22.8 Å². The molecule has 3 aliphatic rings. The Morgan fingerprint density at radius 1 is 1.45 bits per heavy atom. The molecule has 1 saturated carbocycles. The molecule has 0 heterocycles. The van der Waals surface area contributed by atoms with Crippen molar-refractivity contribution >= 4 is 5.97 Å². The zero-order valence-corrected chi connectivity index (χ0v) is 14.7. The van der Waals surface area contributed by atoms with E-state index in [2.05, 4.69) is 33.8 Å². The summed E-state index contributed by atoms with van der Waals surface area (Å²) in [7, 11) is 0. The molecule has 3 rings (SSSR count). The van der Waals surface area contributed by atoms with Gasteiger partial charge in [0.15, 0.2) is 0 Å². The van der Waals surface area contributed by atoms with E-state index in [1.165, 1.54) is 24.8 Å². The normalized spacial score (nSPS) is 37.2. The van der Waals surface area contributed by atoms with Gasteiger partial charge in [-0.05, 0) is 62.9 Å². The molecule has 0 aromatic carbocycles. The molecular weight excluding hydrogens is 272 g/mol. The van der Waals surface area contributed by atoms with Crippen molar-refractivity contribution in [1.29, 1.82) is 0 Å². The van der Waals surface area contributed by atoms with Crippen molar-refractivity contribution in [2.75, 3.05) is 6.61 Å². The molecule has 0 aliphatic heterocycles. The lowest BCUT2D eigenvalue weighted by Gasteiger charge is -2.40. The van der Waals surface area contributed by atoms with E-state index >= 15 is 0 Å². The van der Waals surface area contributed by atoms with Gasteiger partial charge in [-0.3, -0.25) is 4.79 Å². The van der Waals surface area contributed by atoms with E-state index in [0.29, 0.717) is 24.4 Å². The Kier molecular flexibility index (Phi) is 3.99. The number of esters is 1. The Bertz CT molecular complexity index is 540. The van der Waals surface area contributed by atoms with Crippen LogP contribution in [-0.2, 0) is 9.53 Å². The van der Waals surface area contributed by atoms with Gasteiger partial charge in [-0.15, -0.1) is 0 Å². The number of rotatable bonds is 3. The Balaban J connectivity index is 2.07. The third-order valence-corrected chi connectivity index (χ3v) is 6.65. The summed E-state index contributed by atoms with van der Waals surface area (Å²) in [6, 6.07) is 0. The minimum atomic E-state index is 0.0447. The second kappa shape index (κ2) is 5.54. The summed E-state index contributed by atoms with van der Waals surface area (Å²) in [5, 5.41) is 0. The molecule has 0 unspecified atom stereocenters. The zero-order chi connectivity index (χ0) is 16.1. The second-order valence-electron chi connectivity index (χ2n) is 7.89. The molecule has 0 N–H and O–H groups in total. The maximum atomic E-state index is 12.6. The van der Waals surface area contributed by atoms with Gasteiger partial charge >= 0.3 is 5.97 Å². The van der Waals surface area contributed by atoms with E-state index < -0.39 is 0 Å². The van der Waals surface area contributed by atoms with Gasteiger partial charge in [-0.2, -0.15) is 0 Å². The average molecular weight is 302 g/mol. The monoisotopic (exact) mass is 302 g/mol. The van der Waals surface area contributed by atoms with E-state index in [0.717, 1.165) is 6.42 Å². The van der Waals surface area contributed by atoms with Gasteiger partial charge in [0.2, 0.25) is 0 Å². The number of fused-ring (bicyclic) bond motifs is 1. The van der Waals surface area contributed by atoms with Gasteiger partial charge in [-0.1, -0.05) is 38.0 Å². The summed E-state index contributed by atoms with van der Waals surface area (Å²) in [4.78, 5) is 12.6. The molecule has 2 bridgehead atoms. The van der Waals surface area contributed by atoms with Crippen molar-refractivity contribution in [3.05, 3.63) is 22.8 Å². The highest BCUT2D eigenvalue weighted by Gasteiger charge is 2.60. The molecule has 0 radical (unpaired) electrons. The lowest BCUT2D eigenvalue weighted by molar-refractivity contribution is -0.152.